The Labute approximate surface area is 127 Å². The van der Waals surface area contributed by atoms with Crippen LogP contribution in [0.15, 0.2) is 30.3 Å². The van der Waals surface area contributed by atoms with E-state index in [1.165, 1.54) is 17.4 Å². The lowest BCUT2D eigenvalue weighted by atomic mass is 10.1. The number of fused-ring (bicyclic) bond motifs is 1. The summed E-state index contributed by atoms with van der Waals surface area (Å²) in [5.41, 5.74) is 3.44. The molecule has 1 aromatic heterocycles. The third-order valence-corrected chi connectivity index (χ3v) is 3.51. The minimum atomic E-state index is 0.855. The second-order valence-corrected chi connectivity index (χ2v) is 5.48. The van der Waals surface area contributed by atoms with Crippen LogP contribution in [0.2, 0.25) is 0 Å². The first kappa shape index (κ1) is 15.9. The molecule has 0 aliphatic rings. The molecule has 0 bridgehead atoms. The molecule has 3 heteroatoms. The maximum Gasteiger partial charge on any atom is 0.0705 e. The number of unbranched alkanes of at least 4 members (excludes halogenated alkanes) is 1. The molecule has 2 rings (SSSR count). The zero-order valence-electron chi connectivity index (χ0n) is 13.2. The molecule has 0 saturated carbocycles. The van der Waals surface area contributed by atoms with Crippen LogP contribution in [0.1, 0.15) is 37.4 Å². The molecular weight excluding hydrogens is 260 g/mol. The van der Waals surface area contributed by atoms with E-state index in [-0.39, 0.29) is 0 Å². The van der Waals surface area contributed by atoms with Crippen molar-refractivity contribution >= 4 is 10.9 Å². The number of aryl methyl sites for hydroxylation is 1. The largest absolute Gasteiger partial charge is 0.381 e. The first-order valence-electron chi connectivity index (χ1n) is 7.94. The fourth-order valence-electron chi connectivity index (χ4n) is 2.27. The first-order chi connectivity index (χ1) is 10.3. The smallest absolute Gasteiger partial charge is 0.0705 e. The van der Waals surface area contributed by atoms with Gasteiger partial charge >= 0.3 is 0 Å². The van der Waals surface area contributed by atoms with Crippen molar-refractivity contribution in [1.82, 2.24) is 10.3 Å². The van der Waals surface area contributed by atoms with Crippen LogP contribution >= 0.6 is 0 Å². The van der Waals surface area contributed by atoms with Crippen molar-refractivity contribution in [1.29, 1.82) is 0 Å². The number of nitrogens with one attached hydrogen (secondary N) is 1. The topological polar surface area (TPSA) is 34.1 Å². The molecule has 0 atom stereocenters. The summed E-state index contributed by atoms with van der Waals surface area (Å²) in [7, 11) is 0. The Morgan fingerprint density at radius 3 is 2.81 bits per heavy atom. The quantitative estimate of drug-likeness (QED) is 0.711. The Kier molecular flexibility index (Phi) is 6.64. The van der Waals surface area contributed by atoms with Crippen LogP contribution in [0.5, 0.6) is 0 Å². The minimum Gasteiger partial charge on any atom is -0.381 e. The molecule has 0 unspecified atom stereocenters. The van der Waals surface area contributed by atoms with Gasteiger partial charge in [0.2, 0.25) is 0 Å². The molecule has 3 nitrogen and oxygen atoms in total. The molecule has 2 aromatic rings. The molecule has 21 heavy (non-hydrogen) atoms. The highest BCUT2D eigenvalue weighted by Gasteiger charge is 1.98. The molecule has 1 heterocycles. The predicted octanol–water partition coefficient (Wildman–Crippen LogP) is 3.84. The van der Waals surface area contributed by atoms with E-state index >= 15 is 0 Å². The van der Waals surface area contributed by atoms with Crippen LogP contribution in [0, 0.1) is 6.92 Å². The average Bonchev–Trinajstić information content (AvgIpc) is 2.50. The Morgan fingerprint density at radius 2 is 1.95 bits per heavy atom. The van der Waals surface area contributed by atoms with Gasteiger partial charge in [-0.05, 0) is 50.1 Å². The summed E-state index contributed by atoms with van der Waals surface area (Å²) in [6, 6.07) is 10.7. The van der Waals surface area contributed by atoms with Crippen LogP contribution in [-0.4, -0.2) is 24.7 Å². The number of nitrogens with zero attached hydrogens (tertiary/aromatic N) is 1. The maximum absolute atomic E-state index is 5.55. The minimum absolute atomic E-state index is 0.855. The van der Waals surface area contributed by atoms with Gasteiger partial charge in [-0.15, -0.1) is 0 Å². The van der Waals surface area contributed by atoms with Gasteiger partial charge in [-0.1, -0.05) is 25.5 Å². The standard InChI is InChI=1S/C18H26N2O/c1-3-4-11-21-12-5-10-19-14-16-7-9-18-17(13-16)8-6-15(2)20-18/h6-9,13,19H,3-5,10-12,14H2,1-2H3. The number of benzene rings is 1. The zero-order chi connectivity index (χ0) is 14.9. The van der Waals surface area contributed by atoms with E-state index < -0.39 is 0 Å². The van der Waals surface area contributed by atoms with Crippen molar-refractivity contribution in [3.8, 4) is 0 Å². The molecule has 0 amide bonds. The Hall–Kier alpha value is -1.45. The Morgan fingerprint density at radius 1 is 1.10 bits per heavy atom. The van der Waals surface area contributed by atoms with Crippen molar-refractivity contribution in [2.24, 2.45) is 0 Å². The summed E-state index contributed by atoms with van der Waals surface area (Å²) in [6.07, 6.45) is 3.44. The number of ether oxygens (including phenoxy) is 1. The van der Waals surface area contributed by atoms with E-state index in [2.05, 4.69) is 47.6 Å². The van der Waals surface area contributed by atoms with Gasteiger partial charge in [-0.2, -0.15) is 0 Å². The Balaban J connectivity index is 1.70. The predicted molar refractivity (Wildman–Crippen MR) is 88.5 cm³/mol. The van der Waals surface area contributed by atoms with E-state index in [0.29, 0.717) is 0 Å². The summed E-state index contributed by atoms with van der Waals surface area (Å²) in [6.45, 7) is 7.86. The lowest BCUT2D eigenvalue weighted by molar-refractivity contribution is 0.129. The van der Waals surface area contributed by atoms with Crippen LogP contribution in [-0.2, 0) is 11.3 Å². The number of aromatic nitrogens is 1. The Bertz CT molecular complexity index is 554. The molecule has 1 N–H and O–H groups in total. The summed E-state index contributed by atoms with van der Waals surface area (Å²) < 4.78 is 5.55. The maximum atomic E-state index is 5.55. The molecule has 114 valence electrons. The average molecular weight is 286 g/mol. The number of hydrogen-bond acceptors (Lipinski definition) is 3. The second kappa shape index (κ2) is 8.75. The zero-order valence-corrected chi connectivity index (χ0v) is 13.2. The third kappa shape index (κ3) is 5.44. The van der Waals surface area contributed by atoms with Crippen LogP contribution < -0.4 is 5.32 Å². The third-order valence-electron chi connectivity index (χ3n) is 3.51. The van der Waals surface area contributed by atoms with E-state index in [0.717, 1.165) is 50.4 Å². The van der Waals surface area contributed by atoms with Gasteiger partial charge in [0.25, 0.3) is 0 Å². The van der Waals surface area contributed by atoms with E-state index in [1.807, 2.05) is 6.92 Å². The van der Waals surface area contributed by atoms with E-state index in [1.54, 1.807) is 0 Å². The monoisotopic (exact) mass is 286 g/mol. The van der Waals surface area contributed by atoms with Gasteiger partial charge in [0.05, 0.1) is 5.52 Å². The van der Waals surface area contributed by atoms with Crippen LogP contribution in [0.3, 0.4) is 0 Å². The van der Waals surface area contributed by atoms with Gasteiger partial charge < -0.3 is 10.1 Å². The number of pyridine rings is 1. The van der Waals surface area contributed by atoms with Gasteiger partial charge in [0, 0.05) is 30.8 Å². The molecule has 0 aliphatic heterocycles. The molecule has 0 aliphatic carbocycles. The van der Waals surface area contributed by atoms with Gasteiger partial charge in [0.1, 0.15) is 0 Å². The van der Waals surface area contributed by atoms with Crippen LogP contribution in [0.4, 0.5) is 0 Å². The van der Waals surface area contributed by atoms with Crippen molar-refractivity contribution < 1.29 is 4.74 Å². The fraction of sp³-hybridized carbons (Fsp3) is 0.500. The SMILES string of the molecule is CCCCOCCCNCc1ccc2nc(C)ccc2c1. The lowest BCUT2D eigenvalue weighted by Gasteiger charge is -2.07. The summed E-state index contributed by atoms with van der Waals surface area (Å²) in [4.78, 5) is 4.53. The normalized spacial score (nSPS) is 11.1. The molecule has 0 saturated heterocycles. The summed E-state index contributed by atoms with van der Waals surface area (Å²) >= 11 is 0. The lowest BCUT2D eigenvalue weighted by Crippen LogP contribution is -2.16. The van der Waals surface area contributed by atoms with Crippen molar-refractivity contribution in [2.75, 3.05) is 19.8 Å². The second-order valence-electron chi connectivity index (χ2n) is 5.48. The van der Waals surface area contributed by atoms with E-state index in [4.69, 9.17) is 4.74 Å². The number of rotatable bonds is 9. The summed E-state index contributed by atoms with van der Waals surface area (Å²) in [5, 5.41) is 4.68. The highest BCUT2D eigenvalue weighted by molar-refractivity contribution is 5.79. The van der Waals surface area contributed by atoms with Gasteiger partial charge in [-0.25, -0.2) is 0 Å². The highest BCUT2D eigenvalue weighted by atomic mass is 16.5. The fourth-order valence-corrected chi connectivity index (χ4v) is 2.27. The van der Waals surface area contributed by atoms with Crippen molar-refractivity contribution in [2.45, 2.75) is 39.7 Å². The molecule has 0 spiro atoms. The summed E-state index contributed by atoms with van der Waals surface area (Å²) in [5.74, 6) is 0. The van der Waals surface area contributed by atoms with Crippen molar-refractivity contribution in [3.05, 3.63) is 41.6 Å². The molecule has 0 fully saturated rings. The van der Waals surface area contributed by atoms with Gasteiger partial charge in [0.15, 0.2) is 0 Å². The van der Waals surface area contributed by atoms with E-state index in [9.17, 15) is 0 Å². The van der Waals surface area contributed by atoms with Crippen LogP contribution in [0.25, 0.3) is 10.9 Å². The molecule has 1 aromatic carbocycles. The van der Waals surface area contributed by atoms with Crippen molar-refractivity contribution in [3.63, 3.8) is 0 Å². The molecule has 0 radical (unpaired) electrons. The molecular formula is C18H26N2O. The first-order valence-corrected chi connectivity index (χ1v) is 7.94. The van der Waals surface area contributed by atoms with Gasteiger partial charge in [-0.3, -0.25) is 4.98 Å². The highest BCUT2D eigenvalue weighted by Crippen LogP contribution is 2.14. The number of hydrogen-bond donors (Lipinski definition) is 1.